The Morgan fingerprint density at radius 1 is 0.643 bits per heavy atom. The molecule has 0 saturated heterocycles. The van der Waals surface area contributed by atoms with Crippen molar-refractivity contribution in [2.24, 2.45) is 5.73 Å². The van der Waals surface area contributed by atoms with Gasteiger partial charge in [0.15, 0.2) is 0 Å². The van der Waals surface area contributed by atoms with E-state index in [0.29, 0.717) is 5.57 Å². The van der Waals surface area contributed by atoms with Gasteiger partial charge in [0.25, 0.3) is 0 Å². The van der Waals surface area contributed by atoms with Gasteiger partial charge in [-0.25, -0.2) is 0 Å². The Hall–Kier alpha value is -2.09. The fourth-order valence-corrected chi connectivity index (χ4v) is 2.66. The first-order chi connectivity index (χ1) is 13.7. The van der Waals surface area contributed by atoms with Crippen LogP contribution in [0.1, 0.15) is 84.5 Å². The van der Waals surface area contributed by atoms with Crippen molar-refractivity contribution >= 4 is 5.91 Å². The monoisotopic (exact) mass is 383 g/mol. The molecule has 0 atom stereocenters. The quantitative estimate of drug-likeness (QED) is 0.158. The summed E-state index contributed by atoms with van der Waals surface area (Å²) in [7, 11) is 0. The maximum atomic E-state index is 10.8. The van der Waals surface area contributed by atoms with E-state index in [0.717, 1.165) is 0 Å². The Morgan fingerprint density at radius 3 is 1.57 bits per heavy atom. The molecule has 0 unspecified atom stereocenters. The number of hydrogen-bond acceptors (Lipinski definition) is 1. The lowest BCUT2D eigenvalue weighted by Crippen LogP contribution is -2.11. The Bertz CT molecular complexity index is 547. The van der Waals surface area contributed by atoms with Crippen LogP contribution < -0.4 is 5.73 Å². The third-order valence-electron chi connectivity index (χ3n) is 4.48. The highest BCUT2D eigenvalue weighted by Crippen LogP contribution is 2.11. The second-order valence-corrected chi connectivity index (χ2v) is 7.15. The minimum absolute atomic E-state index is 0.389. The lowest BCUT2D eigenvalue weighted by Gasteiger charge is -2.01. The number of carbonyl (C=O) groups is 1. The fourth-order valence-electron chi connectivity index (χ4n) is 2.66. The highest BCUT2D eigenvalue weighted by Gasteiger charge is 1.92. The second kappa shape index (κ2) is 21.2. The Balaban J connectivity index is 3.57. The normalized spacial score (nSPS) is 13.3. The van der Waals surface area contributed by atoms with Crippen molar-refractivity contribution < 1.29 is 4.79 Å². The summed E-state index contributed by atoms with van der Waals surface area (Å²) >= 11 is 0. The molecule has 0 aromatic carbocycles. The molecule has 2 N–H and O–H groups in total. The molecule has 0 aliphatic carbocycles. The molecule has 0 heterocycles. The van der Waals surface area contributed by atoms with Crippen molar-refractivity contribution in [3.63, 3.8) is 0 Å². The molecule has 0 bridgehead atoms. The zero-order chi connectivity index (χ0) is 20.7. The van der Waals surface area contributed by atoms with Gasteiger partial charge in [-0.2, -0.15) is 0 Å². The summed E-state index contributed by atoms with van der Waals surface area (Å²) in [5.41, 5.74) is 5.69. The van der Waals surface area contributed by atoms with Crippen molar-refractivity contribution in [3.8, 4) is 0 Å². The van der Waals surface area contributed by atoms with Gasteiger partial charge in [-0.15, -0.1) is 0 Å². The second-order valence-electron chi connectivity index (χ2n) is 7.15. The summed E-state index contributed by atoms with van der Waals surface area (Å²) in [6.07, 6.45) is 36.7. The van der Waals surface area contributed by atoms with Crippen LogP contribution in [0.3, 0.4) is 0 Å². The molecule has 2 nitrogen and oxygen atoms in total. The average Bonchev–Trinajstić information content (AvgIpc) is 2.68. The van der Waals surface area contributed by atoms with E-state index in [1.807, 2.05) is 36.5 Å². The number of amides is 1. The predicted octanol–water partition coefficient (Wildman–Crippen LogP) is 7.51. The van der Waals surface area contributed by atoms with Crippen LogP contribution in [-0.4, -0.2) is 5.91 Å². The smallest absolute Gasteiger partial charge is 0.244 e. The van der Waals surface area contributed by atoms with Crippen molar-refractivity contribution in [1.82, 2.24) is 0 Å². The molecule has 0 spiro atoms. The van der Waals surface area contributed by atoms with Gasteiger partial charge < -0.3 is 5.73 Å². The Labute approximate surface area is 173 Å². The van der Waals surface area contributed by atoms with E-state index in [4.69, 9.17) is 5.73 Å². The van der Waals surface area contributed by atoms with Crippen LogP contribution in [0.15, 0.2) is 72.4 Å². The van der Waals surface area contributed by atoms with Gasteiger partial charge in [-0.3, -0.25) is 4.79 Å². The van der Waals surface area contributed by atoms with E-state index in [1.165, 1.54) is 70.6 Å². The summed E-state index contributed by atoms with van der Waals surface area (Å²) in [6, 6.07) is 0. The van der Waals surface area contributed by atoms with Crippen molar-refractivity contribution in [2.75, 3.05) is 0 Å². The minimum Gasteiger partial charge on any atom is -0.366 e. The number of carbonyl (C=O) groups excluding carboxylic acids is 1. The molecule has 0 saturated carbocycles. The molecule has 2 heteroatoms. The van der Waals surface area contributed by atoms with Gasteiger partial charge in [0, 0.05) is 5.57 Å². The van der Waals surface area contributed by atoms with Crippen LogP contribution >= 0.6 is 0 Å². The van der Waals surface area contributed by atoms with Crippen molar-refractivity contribution in [2.45, 2.75) is 84.5 Å². The van der Waals surface area contributed by atoms with Crippen LogP contribution in [0.4, 0.5) is 0 Å². The summed E-state index contributed by atoms with van der Waals surface area (Å²) < 4.78 is 0. The van der Waals surface area contributed by atoms with Gasteiger partial charge in [0.2, 0.25) is 5.91 Å². The first-order valence-corrected chi connectivity index (χ1v) is 11.0. The van der Waals surface area contributed by atoms with Gasteiger partial charge in [0.05, 0.1) is 0 Å². The zero-order valence-corrected chi connectivity index (χ0v) is 18.1. The van der Waals surface area contributed by atoms with E-state index in [-0.39, 0.29) is 5.91 Å². The molecule has 0 fully saturated rings. The number of nitrogens with two attached hydrogens (primary N) is 1. The largest absolute Gasteiger partial charge is 0.366 e. The van der Waals surface area contributed by atoms with E-state index >= 15 is 0 Å². The lowest BCUT2D eigenvalue weighted by atomic mass is 10.1. The molecular weight excluding hydrogens is 342 g/mol. The molecule has 0 aromatic rings. The van der Waals surface area contributed by atoms with Gasteiger partial charge in [-0.05, 0) is 19.8 Å². The van der Waals surface area contributed by atoms with Crippen LogP contribution in [0.5, 0.6) is 0 Å². The van der Waals surface area contributed by atoms with Gasteiger partial charge in [0.1, 0.15) is 0 Å². The van der Waals surface area contributed by atoms with E-state index in [1.54, 1.807) is 19.1 Å². The van der Waals surface area contributed by atoms with Crippen LogP contribution in [0, 0.1) is 0 Å². The number of unbranched alkanes of at least 4 members (excludes halogenated alkanes) is 10. The van der Waals surface area contributed by atoms with Crippen LogP contribution in [0.2, 0.25) is 0 Å². The number of primary amides is 1. The minimum atomic E-state index is -0.389. The highest BCUT2D eigenvalue weighted by atomic mass is 16.1. The first-order valence-electron chi connectivity index (χ1n) is 11.0. The SMILES string of the molecule is CCCCCCCCCCCCC=CC=CC=CC=CC=CC=C(C)C(N)=O. The molecule has 28 heavy (non-hydrogen) atoms. The zero-order valence-electron chi connectivity index (χ0n) is 18.1. The van der Waals surface area contributed by atoms with E-state index < -0.39 is 0 Å². The third-order valence-corrected chi connectivity index (χ3v) is 4.48. The molecule has 1 amide bonds. The topological polar surface area (TPSA) is 43.1 Å². The van der Waals surface area contributed by atoms with E-state index in [9.17, 15) is 4.79 Å². The summed E-state index contributed by atoms with van der Waals surface area (Å²) in [4.78, 5) is 10.8. The number of rotatable bonds is 17. The fraction of sp³-hybridized carbons (Fsp3) is 0.500. The first kappa shape index (κ1) is 25.9. The molecule has 156 valence electrons. The van der Waals surface area contributed by atoms with Crippen LogP contribution in [-0.2, 0) is 4.79 Å². The maximum Gasteiger partial charge on any atom is 0.244 e. The van der Waals surface area contributed by atoms with Crippen LogP contribution in [0.25, 0.3) is 0 Å². The summed E-state index contributed by atoms with van der Waals surface area (Å²) in [6.45, 7) is 3.97. The molecule has 0 radical (unpaired) electrons. The highest BCUT2D eigenvalue weighted by molar-refractivity contribution is 5.91. The predicted molar refractivity (Wildman–Crippen MR) is 125 cm³/mol. The standard InChI is InChI=1S/C26H41NO/c1-3-4-5-6-7-8-9-10-11-12-13-14-15-16-17-18-19-20-21-22-23-24-25(2)26(27)28/h14-24H,3-13H2,1-2H3,(H2,27,28). The molecule has 0 aliphatic heterocycles. The third kappa shape index (κ3) is 20.2. The molecule has 0 rings (SSSR count). The summed E-state index contributed by atoms with van der Waals surface area (Å²) in [5.74, 6) is -0.389. The molecule has 0 aliphatic rings. The number of allylic oxidation sites excluding steroid dienone is 11. The van der Waals surface area contributed by atoms with Crippen molar-refractivity contribution in [3.05, 3.63) is 72.4 Å². The van der Waals surface area contributed by atoms with Gasteiger partial charge >= 0.3 is 0 Å². The molecule has 0 aromatic heterocycles. The van der Waals surface area contributed by atoms with Gasteiger partial charge in [-0.1, -0.05) is 132 Å². The lowest BCUT2D eigenvalue weighted by molar-refractivity contribution is -0.114. The maximum absolute atomic E-state index is 10.8. The number of hydrogen-bond donors (Lipinski definition) is 1. The summed E-state index contributed by atoms with van der Waals surface area (Å²) in [5, 5.41) is 0. The van der Waals surface area contributed by atoms with Crippen molar-refractivity contribution in [1.29, 1.82) is 0 Å². The van der Waals surface area contributed by atoms with E-state index in [2.05, 4.69) is 25.2 Å². The Morgan fingerprint density at radius 2 is 1.07 bits per heavy atom. The Kier molecular flexibility index (Phi) is 19.6. The molecular formula is C26H41NO. The average molecular weight is 384 g/mol.